The largest absolute Gasteiger partial charge is 0.349 e. The molecule has 5 rings (SSSR count). The first-order valence-corrected chi connectivity index (χ1v) is 14.3. The van der Waals surface area contributed by atoms with Crippen LogP contribution in [0.25, 0.3) is 16.7 Å². The predicted molar refractivity (Wildman–Crippen MR) is 156 cm³/mol. The first-order chi connectivity index (χ1) is 20.2. The number of hydrogen-bond donors (Lipinski definition) is 2. The number of aryl methyl sites for hydroxylation is 1. The van der Waals surface area contributed by atoms with Crippen molar-refractivity contribution in [2.24, 2.45) is 5.92 Å². The summed E-state index contributed by atoms with van der Waals surface area (Å²) in [5.41, 5.74) is 1.99. The molecule has 9 nitrogen and oxygen atoms in total. The lowest BCUT2D eigenvalue weighted by Crippen LogP contribution is -2.39. The van der Waals surface area contributed by atoms with Gasteiger partial charge >= 0.3 is 5.69 Å². The number of rotatable bonds is 8. The minimum Gasteiger partial charge on any atom is -0.349 e. The Morgan fingerprint density at radius 1 is 1.07 bits per heavy atom. The smallest absolute Gasteiger partial charge is 0.333 e. The van der Waals surface area contributed by atoms with Crippen LogP contribution in [0.5, 0.6) is 0 Å². The van der Waals surface area contributed by atoms with E-state index in [1.165, 1.54) is 6.07 Å². The van der Waals surface area contributed by atoms with Crippen molar-refractivity contribution in [3.8, 4) is 5.69 Å². The molecule has 0 atom stereocenters. The van der Waals surface area contributed by atoms with E-state index in [4.69, 9.17) is 11.6 Å². The number of halogens is 3. The molecule has 0 radical (unpaired) electrons. The number of nitrogens with one attached hydrogen (secondary N) is 2. The van der Waals surface area contributed by atoms with Crippen molar-refractivity contribution >= 4 is 40.3 Å². The molecule has 0 aliphatic heterocycles. The van der Waals surface area contributed by atoms with Crippen LogP contribution in [-0.2, 0) is 11.3 Å². The highest BCUT2D eigenvalue weighted by Crippen LogP contribution is 2.29. The third-order valence-corrected chi connectivity index (χ3v) is 7.91. The molecule has 2 amide bonds. The minimum absolute atomic E-state index is 0.114. The van der Waals surface area contributed by atoms with Gasteiger partial charge in [-0.1, -0.05) is 30.7 Å². The van der Waals surface area contributed by atoms with Gasteiger partial charge in [0, 0.05) is 25.2 Å². The zero-order valence-electron chi connectivity index (χ0n) is 23.2. The van der Waals surface area contributed by atoms with Gasteiger partial charge in [-0.3, -0.25) is 23.7 Å². The third kappa shape index (κ3) is 6.06. The Morgan fingerprint density at radius 3 is 2.45 bits per heavy atom. The SMILES string of the molecule is CCC(=O)Nc1cc(C)c(-n2c(=O)n(C[C@H]3CC[C@H](NC(=O)c4cc(Cl)cnc4C(F)F)CC3)c3ccccc32)cn1. The summed E-state index contributed by atoms with van der Waals surface area (Å²) in [6.45, 7) is 4.13. The number of fused-ring (bicyclic) bond motifs is 1. The van der Waals surface area contributed by atoms with E-state index >= 15 is 0 Å². The molecular weight excluding hydrogens is 566 g/mol. The maximum absolute atomic E-state index is 13.8. The van der Waals surface area contributed by atoms with E-state index in [-0.39, 0.29) is 34.1 Å². The Balaban J connectivity index is 1.31. The fourth-order valence-electron chi connectivity index (χ4n) is 5.52. The molecule has 1 aromatic carbocycles. The highest BCUT2D eigenvalue weighted by atomic mass is 35.5. The number of hydrogen-bond acceptors (Lipinski definition) is 5. The number of benzene rings is 1. The van der Waals surface area contributed by atoms with E-state index in [2.05, 4.69) is 20.6 Å². The molecule has 0 bridgehead atoms. The van der Waals surface area contributed by atoms with Gasteiger partial charge in [-0.25, -0.2) is 18.6 Å². The van der Waals surface area contributed by atoms with Crippen molar-refractivity contribution in [2.75, 3.05) is 5.32 Å². The molecule has 4 aromatic rings. The Morgan fingerprint density at radius 2 is 1.79 bits per heavy atom. The molecule has 1 saturated carbocycles. The van der Waals surface area contributed by atoms with Crippen molar-refractivity contribution in [3.63, 3.8) is 0 Å². The molecule has 0 saturated heterocycles. The normalized spacial score (nSPS) is 17.0. The number of anilines is 1. The number of imidazole rings is 1. The quantitative estimate of drug-likeness (QED) is 0.266. The Bertz CT molecular complexity index is 1690. The maximum atomic E-state index is 13.8. The van der Waals surface area contributed by atoms with Gasteiger partial charge in [0.1, 0.15) is 11.5 Å². The van der Waals surface area contributed by atoms with Gasteiger partial charge in [-0.15, -0.1) is 0 Å². The molecule has 1 fully saturated rings. The Kier molecular flexibility index (Phi) is 8.67. The van der Waals surface area contributed by atoms with Crippen molar-refractivity contribution in [2.45, 2.75) is 65.0 Å². The fraction of sp³-hybridized carbons (Fsp3) is 0.367. The van der Waals surface area contributed by atoms with Gasteiger partial charge < -0.3 is 10.6 Å². The molecule has 1 aliphatic rings. The number of para-hydroxylation sites is 2. The summed E-state index contributed by atoms with van der Waals surface area (Å²) in [5, 5.41) is 5.72. The molecule has 1 aliphatic carbocycles. The summed E-state index contributed by atoms with van der Waals surface area (Å²) in [7, 11) is 0. The maximum Gasteiger partial charge on any atom is 0.333 e. The van der Waals surface area contributed by atoms with Crippen LogP contribution in [0.2, 0.25) is 5.02 Å². The third-order valence-electron chi connectivity index (χ3n) is 7.71. The zero-order chi connectivity index (χ0) is 30.0. The van der Waals surface area contributed by atoms with Crippen LogP contribution in [0.4, 0.5) is 14.6 Å². The summed E-state index contributed by atoms with van der Waals surface area (Å²) in [4.78, 5) is 46.4. The molecule has 3 heterocycles. The summed E-state index contributed by atoms with van der Waals surface area (Å²) in [6, 6.07) is 10.4. The molecule has 0 spiro atoms. The van der Waals surface area contributed by atoms with E-state index in [0.717, 1.165) is 35.6 Å². The monoisotopic (exact) mass is 596 g/mol. The van der Waals surface area contributed by atoms with Crippen molar-refractivity contribution < 1.29 is 18.4 Å². The average Bonchev–Trinajstić information content (AvgIpc) is 3.24. The van der Waals surface area contributed by atoms with Crippen LogP contribution in [0, 0.1) is 12.8 Å². The van der Waals surface area contributed by atoms with Crippen molar-refractivity contribution in [3.05, 3.63) is 81.1 Å². The average molecular weight is 597 g/mol. The second kappa shape index (κ2) is 12.4. The van der Waals surface area contributed by atoms with Crippen molar-refractivity contribution in [1.82, 2.24) is 24.4 Å². The van der Waals surface area contributed by atoms with E-state index in [9.17, 15) is 23.2 Å². The number of carbonyl (C=O) groups is 2. The Hall–Kier alpha value is -4.12. The predicted octanol–water partition coefficient (Wildman–Crippen LogP) is 5.82. The van der Waals surface area contributed by atoms with Crippen LogP contribution in [0.3, 0.4) is 0 Å². The molecular formula is C30H31ClF2N6O3. The lowest BCUT2D eigenvalue weighted by atomic mass is 9.85. The van der Waals surface area contributed by atoms with E-state index in [0.29, 0.717) is 37.3 Å². The summed E-state index contributed by atoms with van der Waals surface area (Å²) in [6.07, 6.45) is 2.94. The van der Waals surface area contributed by atoms with E-state index < -0.39 is 18.0 Å². The van der Waals surface area contributed by atoms with Gasteiger partial charge in [0.05, 0.1) is 33.5 Å². The number of alkyl halides is 2. The van der Waals surface area contributed by atoms with E-state index in [1.807, 2.05) is 31.2 Å². The molecule has 0 unspecified atom stereocenters. The van der Waals surface area contributed by atoms with Crippen LogP contribution >= 0.6 is 11.6 Å². The molecule has 12 heteroatoms. The van der Waals surface area contributed by atoms with Gasteiger partial charge in [-0.05, 0) is 68.4 Å². The highest BCUT2D eigenvalue weighted by Gasteiger charge is 2.27. The Labute approximate surface area is 245 Å². The summed E-state index contributed by atoms with van der Waals surface area (Å²) >= 11 is 5.90. The molecule has 42 heavy (non-hydrogen) atoms. The van der Waals surface area contributed by atoms with Gasteiger partial charge in [0.25, 0.3) is 12.3 Å². The lowest BCUT2D eigenvalue weighted by Gasteiger charge is -2.29. The second-order valence-electron chi connectivity index (χ2n) is 10.6. The van der Waals surface area contributed by atoms with Gasteiger partial charge in [0.15, 0.2) is 0 Å². The zero-order valence-corrected chi connectivity index (χ0v) is 24.0. The van der Waals surface area contributed by atoms with Crippen LogP contribution in [-0.4, -0.2) is 37.0 Å². The fourth-order valence-corrected chi connectivity index (χ4v) is 5.67. The molecule has 3 aromatic heterocycles. The lowest BCUT2D eigenvalue weighted by molar-refractivity contribution is -0.115. The van der Waals surface area contributed by atoms with Crippen LogP contribution in [0.1, 0.15) is 67.1 Å². The topological polar surface area (TPSA) is 111 Å². The summed E-state index contributed by atoms with van der Waals surface area (Å²) in [5.74, 6) is -0.143. The van der Waals surface area contributed by atoms with Crippen LogP contribution < -0.4 is 16.3 Å². The minimum atomic E-state index is -2.89. The molecule has 220 valence electrons. The first kappa shape index (κ1) is 29.4. The number of pyridine rings is 2. The second-order valence-corrected chi connectivity index (χ2v) is 11.0. The van der Waals surface area contributed by atoms with E-state index in [1.54, 1.807) is 28.3 Å². The van der Waals surface area contributed by atoms with Gasteiger partial charge in [-0.2, -0.15) is 0 Å². The van der Waals surface area contributed by atoms with Crippen LogP contribution in [0.15, 0.2) is 53.6 Å². The standard InChI is InChI=1S/C30H31ClF2N6O3/c1-3-26(40)37-25-12-17(2)24(15-34-25)39-23-7-5-4-6-22(23)38(30(39)42)16-18-8-10-20(11-9-18)36-29(41)21-13-19(31)14-35-27(21)28(32)33/h4-7,12-15,18,20,28H,3,8-11,16H2,1-2H3,(H,36,41)(H,34,37,40)/t18-,20-. The van der Waals surface area contributed by atoms with Gasteiger partial charge in [0.2, 0.25) is 5.91 Å². The number of amides is 2. The summed E-state index contributed by atoms with van der Waals surface area (Å²) < 4.78 is 30.2. The number of carbonyl (C=O) groups excluding carboxylic acids is 2. The molecule has 2 N–H and O–H groups in total. The number of nitrogens with zero attached hydrogens (tertiary/aromatic N) is 4. The van der Waals surface area contributed by atoms with Crippen molar-refractivity contribution in [1.29, 1.82) is 0 Å². The first-order valence-electron chi connectivity index (χ1n) is 13.9. The highest BCUT2D eigenvalue weighted by molar-refractivity contribution is 6.30. The number of aromatic nitrogens is 4.